The SMILES string of the molecule is CCOC(=O)COC.COCCOC. The number of rotatable bonds is 6. The molecule has 0 saturated heterocycles. The van der Waals surface area contributed by atoms with Crippen LogP contribution in [0.3, 0.4) is 0 Å². The van der Waals surface area contributed by atoms with Gasteiger partial charge in [0.2, 0.25) is 0 Å². The van der Waals surface area contributed by atoms with Crippen LogP contribution in [-0.4, -0.2) is 53.7 Å². The maximum absolute atomic E-state index is 10.3. The molecule has 0 bridgehead atoms. The number of esters is 1. The fourth-order valence-electron chi connectivity index (χ4n) is 0.487. The smallest absolute Gasteiger partial charge is 0.332 e. The van der Waals surface area contributed by atoms with Crippen LogP contribution in [-0.2, 0) is 23.7 Å². The van der Waals surface area contributed by atoms with Crippen LogP contribution in [0.2, 0.25) is 0 Å². The zero-order chi connectivity index (χ0) is 11.2. The summed E-state index contributed by atoms with van der Waals surface area (Å²) in [5.41, 5.74) is 0. The first-order valence-electron chi connectivity index (χ1n) is 4.35. The van der Waals surface area contributed by atoms with Gasteiger partial charge in [-0.25, -0.2) is 4.79 Å². The molecule has 0 aromatic rings. The topological polar surface area (TPSA) is 54.0 Å². The highest BCUT2D eigenvalue weighted by atomic mass is 16.6. The van der Waals surface area contributed by atoms with Crippen molar-refractivity contribution in [2.24, 2.45) is 0 Å². The summed E-state index contributed by atoms with van der Waals surface area (Å²) in [5.74, 6) is -0.310. The molecule has 0 unspecified atom stereocenters. The van der Waals surface area contributed by atoms with E-state index in [0.29, 0.717) is 19.8 Å². The minimum Gasteiger partial charge on any atom is -0.464 e. The van der Waals surface area contributed by atoms with Gasteiger partial charge >= 0.3 is 5.97 Å². The summed E-state index contributed by atoms with van der Waals surface area (Å²) in [4.78, 5) is 10.3. The average Bonchev–Trinajstić information content (AvgIpc) is 2.16. The number of hydrogen-bond donors (Lipinski definition) is 0. The molecule has 0 aliphatic rings. The Bertz CT molecular complexity index is 104. The standard InChI is InChI=1S/C5H10O3.C4H10O2/c1-3-8-5(6)4-7-2;1-5-3-4-6-2/h3-4H2,1-2H3;3-4H2,1-2H3. The quantitative estimate of drug-likeness (QED) is 0.469. The minimum absolute atomic E-state index is 0.0494. The number of carbonyl (C=O) groups is 1. The Morgan fingerprint density at radius 3 is 1.79 bits per heavy atom. The molecule has 0 amide bonds. The zero-order valence-corrected chi connectivity index (χ0v) is 9.37. The van der Waals surface area contributed by atoms with Crippen molar-refractivity contribution in [3.63, 3.8) is 0 Å². The van der Waals surface area contributed by atoms with Crippen LogP contribution in [0, 0.1) is 0 Å². The van der Waals surface area contributed by atoms with Crippen LogP contribution < -0.4 is 0 Å². The van der Waals surface area contributed by atoms with Crippen LogP contribution >= 0.6 is 0 Å². The van der Waals surface area contributed by atoms with E-state index in [-0.39, 0.29) is 12.6 Å². The third-order valence-corrected chi connectivity index (χ3v) is 1.06. The van der Waals surface area contributed by atoms with Crippen LogP contribution in [0.5, 0.6) is 0 Å². The summed E-state index contributed by atoms with van der Waals surface area (Å²) in [6, 6.07) is 0. The molecule has 86 valence electrons. The summed E-state index contributed by atoms with van der Waals surface area (Å²) in [5, 5.41) is 0. The molecule has 0 aliphatic heterocycles. The van der Waals surface area contributed by atoms with E-state index in [4.69, 9.17) is 0 Å². The van der Waals surface area contributed by atoms with Gasteiger partial charge in [0.25, 0.3) is 0 Å². The largest absolute Gasteiger partial charge is 0.464 e. The van der Waals surface area contributed by atoms with Crippen LogP contribution in [0.4, 0.5) is 0 Å². The molecule has 0 N–H and O–H groups in total. The van der Waals surface area contributed by atoms with Crippen molar-refractivity contribution in [3.8, 4) is 0 Å². The predicted octanol–water partition coefficient (Wildman–Crippen LogP) is 0.475. The molecule has 0 aromatic heterocycles. The summed E-state index contributed by atoms with van der Waals surface area (Å²) >= 11 is 0. The third kappa shape index (κ3) is 17.4. The molecule has 14 heavy (non-hydrogen) atoms. The van der Waals surface area contributed by atoms with Gasteiger partial charge in [0.1, 0.15) is 6.61 Å². The summed E-state index contributed by atoms with van der Waals surface area (Å²) in [6.45, 7) is 3.61. The Hall–Kier alpha value is -0.650. The van der Waals surface area contributed by atoms with Gasteiger partial charge in [-0.15, -0.1) is 0 Å². The maximum Gasteiger partial charge on any atom is 0.332 e. The number of carbonyl (C=O) groups excluding carboxylic acids is 1. The van der Waals surface area contributed by atoms with Crippen molar-refractivity contribution < 1.29 is 23.7 Å². The zero-order valence-electron chi connectivity index (χ0n) is 9.37. The first-order valence-corrected chi connectivity index (χ1v) is 4.35. The van der Waals surface area contributed by atoms with Gasteiger partial charge in [0.15, 0.2) is 0 Å². The highest BCUT2D eigenvalue weighted by Crippen LogP contribution is 1.76. The van der Waals surface area contributed by atoms with Gasteiger partial charge in [0, 0.05) is 21.3 Å². The molecule has 0 heterocycles. The van der Waals surface area contributed by atoms with Crippen LogP contribution in [0.15, 0.2) is 0 Å². The molecule has 0 aromatic carbocycles. The van der Waals surface area contributed by atoms with Gasteiger partial charge in [0.05, 0.1) is 19.8 Å². The van der Waals surface area contributed by atoms with Gasteiger partial charge < -0.3 is 18.9 Å². The second-order valence-corrected chi connectivity index (χ2v) is 2.22. The van der Waals surface area contributed by atoms with Gasteiger partial charge in [-0.3, -0.25) is 0 Å². The van der Waals surface area contributed by atoms with E-state index in [9.17, 15) is 4.79 Å². The van der Waals surface area contributed by atoms with Crippen molar-refractivity contribution in [2.75, 3.05) is 47.8 Å². The van der Waals surface area contributed by atoms with E-state index in [1.807, 2.05) is 0 Å². The van der Waals surface area contributed by atoms with E-state index in [2.05, 4.69) is 18.9 Å². The van der Waals surface area contributed by atoms with E-state index in [1.54, 1.807) is 21.1 Å². The molecular weight excluding hydrogens is 188 g/mol. The Labute approximate surface area is 85.3 Å². The molecule has 5 heteroatoms. The van der Waals surface area contributed by atoms with E-state index >= 15 is 0 Å². The molecule has 5 nitrogen and oxygen atoms in total. The second kappa shape index (κ2) is 14.9. The Balaban J connectivity index is 0. The van der Waals surface area contributed by atoms with Crippen molar-refractivity contribution in [3.05, 3.63) is 0 Å². The lowest BCUT2D eigenvalue weighted by atomic mass is 10.7. The number of ether oxygens (including phenoxy) is 4. The highest BCUT2D eigenvalue weighted by molar-refractivity contribution is 5.70. The first kappa shape index (κ1) is 15.8. The van der Waals surface area contributed by atoms with E-state index < -0.39 is 0 Å². The summed E-state index contributed by atoms with van der Waals surface area (Å²) in [7, 11) is 4.76. The number of methoxy groups -OCH3 is 3. The Morgan fingerprint density at radius 2 is 1.50 bits per heavy atom. The highest BCUT2D eigenvalue weighted by Gasteiger charge is 1.96. The van der Waals surface area contributed by atoms with Crippen molar-refractivity contribution in [1.29, 1.82) is 0 Å². The first-order chi connectivity index (χ1) is 6.72. The summed E-state index contributed by atoms with van der Waals surface area (Å²) in [6.07, 6.45) is 0. The molecular formula is C9H20O5. The minimum atomic E-state index is -0.310. The molecule has 0 aliphatic carbocycles. The molecule has 0 spiro atoms. The molecule has 0 radical (unpaired) electrons. The fourth-order valence-corrected chi connectivity index (χ4v) is 0.487. The monoisotopic (exact) mass is 208 g/mol. The maximum atomic E-state index is 10.3. The molecule has 0 saturated carbocycles. The molecule has 0 atom stereocenters. The molecule has 0 rings (SSSR count). The van der Waals surface area contributed by atoms with Crippen LogP contribution in [0.25, 0.3) is 0 Å². The predicted molar refractivity (Wildman–Crippen MR) is 52.3 cm³/mol. The van der Waals surface area contributed by atoms with Crippen molar-refractivity contribution >= 4 is 5.97 Å². The van der Waals surface area contributed by atoms with Crippen molar-refractivity contribution in [1.82, 2.24) is 0 Å². The lowest BCUT2D eigenvalue weighted by Gasteiger charge is -1.97. The molecule has 0 fully saturated rings. The lowest BCUT2D eigenvalue weighted by Crippen LogP contribution is -2.10. The van der Waals surface area contributed by atoms with Gasteiger partial charge in [-0.1, -0.05) is 0 Å². The van der Waals surface area contributed by atoms with Crippen LogP contribution in [0.1, 0.15) is 6.92 Å². The van der Waals surface area contributed by atoms with Gasteiger partial charge in [-0.05, 0) is 6.92 Å². The van der Waals surface area contributed by atoms with E-state index in [0.717, 1.165) is 0 Å². The fraction of sp³-hybridized carbons (Fsp3) is 0.889. The number of hydrogen-bond acceptors (Lipinski definition) is 5. The summed E-state index contributed by atoms with van der Waals surface area (Å²) < 4.78 is 18.3. The lowest BCUT2D eigenvalue weighted by molar-refractivity contribution is -0.147. The van der Waals surface area contributed by atoms with Crippen molar-refractivity contribution in [2.45, 2.75) is 6.92 Å². The second-order valence-electron chi connectivity index (χ2n) is 2.22. The average molecular weight is 208 g/mol. The normalized spacial score (nSPS) is 8.86. The Morgan fingerprint density at radius 1 is 1.00 bits per heavy atom. The third-order valence-electron chi connectivity index (χ3n) is 1.06. The van der Waals surface area contributed by atoms with E-state index in [1.165, 1.54) is 7.11 Å². The Kier molecular flexibility index (Phi) is 16.8. The van der Waals surface area contributed by atoms with Gasteiger partial charge in [-0.2, -0.15) is 0 Å².